The van der Waals surface area contributed by atoms with Crippen LogP contribution < -0.4 is 10.6 Å². The molecule has 2 fully saturated rings. The first-order chi connectivity index (χ1) is 8.89. The fourth-order valence-corrected chi connectivity index (χ4v) is 2.86. The second-order valence-electron chi connectivity index (χ2n) is 6.62. The number of piperidine rings is 1. The van der Waals surface area contributed by atoms with Crippen LogP contribution in [0.2, 0.25) is 0 Å². The third-order valence-corrected chi connectivity index (χ3v) is 3.73. The van der Waals surface area contributed by atoms with Crippen LogP contribution in [-0.4, -0.2) is 43.0 Å². The molecule has 118 valence electrons. The number of halogens is 1. The summed E-state index contributed by atoms with van der Waals surface area (Å²) < 4.78 is 11.3. The van der Waals surface area contributed by atoms with Crippen molar-refractivity contribution in [1.29, 1.82) is 0 Å². The molecule has 0 saturated carbocycles. The number of amides is 1. The van der Waals surface area contributed by atoms with Crippen LogP contribution in [0, 0.1) is 0 Å². The summed E-state index contributed by atoms with van der Waals surface area (Å²) in [6.45, 7) is 8.36. The van der Waals surface area contributed by atoms with Gasteiger partial charge in [-0.3, -0.25) is 0 Å². The van der Waals surface area contributed by atoms with Gasteiger partial charge in [-0.15, -0.1) is 12.4 Å². The third kappa shape index (κ3) is 5.11. The van der Waals surface area contributed by atoms with Crippen molar-refractivity contribution >= 4 is 18.5 Å². The van der Waals surface area contributed by atoms with Gasteiger partial charge in [0.15, 0.2) is 0 Å². The molecule has 2 rings (SSSR count). The number of nitrogens with one attached hydrogen (secondary N) is 2. The summed E-state index contributed by atoms with van der Waals surface area (Å²) in [5.74, 6) is 0. The molecule has 20 heavy (non-hydrogen) atoms. The van der Waals surface area contributed by atoms with Crippen molar-refractivity contribution in [1.82, 2.24) is 10.6 Å². The molecule has 1 spiro atoms. The van der Waals surface area contributed by atoms with E-state index < -0.39 is 5.60 Å². The Morgan fingerprint density at radius 3 is 2.60 bits per heavy atom. The lowest BCUT2D eigenvalue weighted by Gasteiger charge is -2.43. The van der Waals surface area contributed by atoms with Gasteiger partial charge in [0, 0.05) is 12.6 Å². The fraction of sp³-hybridized carbons (Fsp3) is 0.929. The first kappa shape index (κ1) is 17.5. The minimum Gasteiger partial charge on any atom is -0.444 e. The Balaban J connectivity index is 0.00000200. The average molecular weight is 307 g/mol. The van der Waals surface area contributed by atoms with E-state index in [-0.39, 0.29) is 30.1 Å². The molecule has 1 unspecified atom stereocenters. The molecule has 0 aromatic carbocycles. The van der Waals surface area contributed by atoms with Crippen molar-refractivity contribution in [2.24, 2.45) is 0 Å². The summed E-state index contributed by atoms with van der Waals surface area (Å²) in [5.41, 5.74) is -0.481. The van der Waals surface area contributed by atoms with Crippen molar-refractivity contribution in [3.63, 3.8) is 0 Å². The number of rotatable bonds is 1. The Morgan fingerprint density at radius 1 is 1.35 bits per heavy atom. The summed E-state index contributed by atoms with van der Waals surface area (Å²) >= 11 is 0. The predicted octanol–water partition coefficient (Wildman–Crippen LogP) is 2.23. The van der Waals surface area contributed by atoms with E-state index in [2.05, 4.69) is 10.6 Å². The monoisotopic (exact) mass is 306 g/mol. The summed E-state index contributed by atoms with van der Waals surface area (Å²) in [4.78, 5) is 11.8. The van der Waals surface area contributed by atoms with E-state index in [1.165, 1.54) is 0 Å². The SMILES string of the molecule is CC(C)(C)OC(=O)NC1CCOC2(CCNCC2)C1.Cl. The molecule has 0 aliphatic carbocycles. The van der Waals surface area contributed by atoms with Gasteiger partial charge < -0.3 is 20.1 Å². The number of carbonyl (C=O) groups is 1. The number of hydrogen-bond donors (Lipinski definition) is 2. The van der Waals surface area contributed by atoms with Crippen molar-refractivity contribution in [2.75, 3.05) is 19.7 Å². The van der Waals surface area contributed by atoms with E-state index in [1.807, 2.05) is 20.8 Å². The van der Waals surface area contributed by atoms with E-state index in [1.54, 1.807) is 0 Å². The molecule has 5 nitrogen and oxygen atoms in total. The highest BCUT2D eigenvalue weighted by Gasteiger charge is 2.39. The smallest absolute Gasteiger partial charge is 0.407 e. The summed E-state index contributed by atoms with van der Waals surface area (Å²) in [7, 11) is 0. The van der Waals surface area contributed by atoms with Gasteiger partial charge in [-0.2, -0.15) is 0 Å². The molecular weight excluding hydrogens is 280 g/mol. The highest BCUT2D eigenvalue weighted by Crippen LogP contribution is 2.33. The third-order valence-electron chi connectivity index (χ3n) is 3.73. The van der Waals surface area contributed by atoms with Crippen molar-refractivity contribution in [2.45, 2.75) is 63.7 Å². The van der Waals surface area contributed by atoms with Gasteiger partial charge in [0.2, 0.25) is 0 Å². The summed E-state index contributed by atoms with van der Waals surface area (Å²) in [6.07, 6.45) is 3.50. The van der Waals surface area contributed by atoms with Gasteiger partial charge in [0.1, 0.15) is 5.60 Å². The lowest BCUT2D eigenvalue weighted by molar-refractivity contribution is -0.104. The molecular formula is C14H27ClN2O3. The maximum absolute atomic E-state index is 11.8. The lowest BCUT2D eigenvalue weighted by Crippen LogP contribution is -2.53. The van der Waals surface area contributed by atoms with Crippen LogP contribution in [-0.2, 0) is 9.47 Å². The highest BCUT2D eigenvalue weighted by molar-refractivity contribution is 5.85. The Labute approximate surface area is 127 Å². The lowest BCUT2D eigenvalue weighted by atomic mass is 9.83. The summed E-state index contributed by atoms with van der Waals surface area (Å²) in [6, 6.07) is 0.168. The molecule has 0 aromatic rings. The summed E-state index contributed by atoms with van der Waals surface area (Å²) in [5, 5.41) is 6.34. The number of hydrogen-bond acceptors (Lipinski definition) is 4. The second-order valence-corrected chi connectivity index (χ2v) is 6.62. The Kier molecular flexibility index (Phi) is 6.10. The van der Waals surface area contributed by atoms with Crippen LogP contribution in [0.3, 0.4) is 0 Å². The van der Waals surface area contributed by atoms with Crippen LogP contribution in [0.4, 0.5) is 4.79 Å². The Bertz CT molecular complexity index is 319. The first-order valence-electron chi connectivity index (χ1n) is 7.23. The van der Waals surface area contributed by atoms with Gasteiger partial charge >= 0.3 is 6.09 Å². The largest absolute Gasteiger partial charge is 0.444 e. The molecule has 0 radical (unpaired) electrons. The predicted molar refractivity (Wildman–Crippen MR) is 80.4 cm³/mol. The van der Waals surface area contributed by atoms with Crippen molar-refractivity contribution < 1.29 is 14.3 Å². The van der Waals surface area contributed by atoms with Crippen molar-refractivity contribution in [3.8, 4) is 0 Å². The van der Waals surface area contributed by atoms with E-state index in [4.69, 9.17) is 9.47 Å². The van der Waals surface area contributed by atoms with Gasteiger partial charge in [0.25, 0.3) is 0 Å². The first-order valence-corrected chi connectivity index (χ1v) is 7.23. The van der Waals surface area contributed by atoms with E-state index in [0.717, 1.165) is 45.4 Å². The second kappa shape index (κ2) is 6.96. The standard InChI is InChI=1S/C14H26N2O3.ClH/c1-13(2,3)19-12(17)16-11-4-9-18-14(10-11)5-7-15-8-6-14;/h11,15H,4-10H2,1-3H3,(H,16,17);1H. The zero-order valence-electron chi connectivity index (χ0n) is 12.7. The molecule has 6 heteroatoms. The molecule has 0 bridgehead atoms. The van der Waals surface area contributed by atoms with Crippen molar-refractivity contribution in [3.05, 3.63) is 0 Å². The number of ether oxygens (including phenoxy) is 2. The number of carbonyl (C=O) groups excluding carboxylic acids is 1. The molecule has 1 amide bonds. The minimum atomic E-state index is -0.443. The number of alkyl carbamates (subject to hydrolysis) is 1. The topological polar surface area (TPSA) is 59.6 Å². The van der Waals surface area contributed by atoms with Crippen LogP contribution >= 0.6 is 12.4 Å². The van der Waals surface area contributed by atoms with E-state index in [0.29, 0.717) is 0 Å². The van der Waals surface area contributed by atoms with Crippen LogP contribution in [0.1, 0.15) is 46.5 Å². The van der Waals surface area contributed by atoms with E-state index in [9.17, 15) is 4.79 Å². The maximum Gasteiger partial charge on any atom is 0.407 e. The molecule has 2 N–H and O–H groups in total. The van der Waals surface area contributed by atoms with E-state index >= 15 is 0 Å². The Hall–Kier alpha value is -0.520. The zero-order valence-corrected chi connectivity index (χ0v) is 13.5. The normalized spacial score (nSPS) is 25.6. The molecule has 2 aliphatic rings. The van der Waals surface area contributed by atoms with Gasteiger partial charge in [-0.05, 0) is 59.5 Å². The van der Waals surface area contributed by atoms with Crippen LogP contribution in [0.15, 0.2) is 0 Å². The highest BCUT2D eigenvalue weighted by atomic mass is 35.5. The minimum absolute atomic E-state index is 0. The fourth-order valence-electron chi connectivity index (χ4n) is 2.86. The van der Waals surface area contributed by atoms with Gasteiger partial charge in [-0.25, -0.2) is 4.79 Å². The quantitative estimate of drug-likeness (QED) is 0.780. The molecule has 2 aliphatic heterocycles. The molecule has 2 heterocycles. The van der Waals surface area contributed by atoms with Gasteiger partial charge in [0.05, 0.1) is 5.60 Å². The molecule has 2 saturated heterocycles. The molecule has 1 atom stereocenters. The zero-order chi connectivity index (χ0) is 13.9. The average Bonchev–Trinajstić information content (AvgIpc) is 2.27. The molecule has 0 aromatic heterocycles. The van der Waals surface area contributed by atoms with Gasteiger partial charge in [-0.1, -0.05) is 0 Å². The maximum atomic E-state index is 11.8. The van der Waals surface area contributed by atoms with Crippen LogP contribution in [0.5, 0.6) is 0 Å². The van der Waals surface area contributed by atoms with Crippen LogP contribution in [0.25, 0.3) is 0 Å². The Morgan fingerprint density at radius 2 is 2.00 bits per heavy atom.